The first-order valence-electron chi connectivity index (χ1n) is 8.35. The van der Waals surface area contributed by atoms with Crippen LogP contribution in [0.25, 0.3) is 32.7 Å². The van der Waals surface area contributed by atoms with Gasteiger partial charge in [-0.05, 0) is 37.7 Å². The molecule has 0 saturated heterocycles. The molecule has 3 heterocycles. The fraction of sp³-hybridized carbons (Fsp3) is 0.211. The number of carboxylic acid groups (broad SMARTS) is 1. The van der Waals surface area contributed by atoms with E-state index in [1.54, 1.807) is 24.5 Å². The number of rotatable bonds is 5. The smallest absolute Gasteiger partial charge is 0.335 e. The molecule has 7 heteroatoms. The fourth-order valence-corrected chi connectivity index (χ4v) is 3.17. The van der Waals surface area contributed by atoms with Crippen molar-refractivity contribution in [1.29, 1.82) is 0 Å². The van der Waals surface area contributed by atoms with Gasteiger partial charge in [-0.15, -0.1) is 0 Å². The summed E-state index contributed by atoms with van der Waals surface area (Å²) in [6, 6.07) is 7.06. The maximum absolute atomic E-state index is 11.4. The number of pyridine rings is 2. The third kappa shape index (κ3) is 2.72. The second-order valence-electron chi connectivity index (χ2n) is 6.53. The summed E-state index contributed by atoms with van der Waals surface area (Å²) in [5, 5.41) is 16.4. The Kier molecular flexibility index (Phi) is 3.93. The van der Waals surface area contributed by atoms with Gasteiger partial charge in [0.15, 0.2) is 0 Å². The summed E-state index contributed by atoms with van der Waals surface area (Å²) in [5.74, 6) is -0.274. The average Bonchev–Trinajstić information content (AvgIpc) is 2.99. The van der Waals surface area contributed by atoms with Gasteiger partial charge in [-0.2, -0.15) is 0 Å². The van der Waals surface area contributed by atoms with Gasteiger partial charge in [0.2, 0.25) is 0 Å². The molecule has 132 valence electrons. The van der Waals surface area contributed by atoms with Crippen molar-refractivity contribution in [2.24, 2.45) is 0 Å². The molecule has 4 aromatic rings. The summed E-state index contributed by atoms with van der Waals surface area (Å²) >= 11 is 0. The molecule has 0 unspecified atom stereocenters. The molecule has 7 nitrogen and oxygen atoms in total. The number of anilines is 1. The first-order chi connectivity index (χ1) is 12.5. The summed E-state index contributed by atoms with van der Waals surface area (Å²) in [6.07, 6.45) is 3.54. The summed E-state index contributed by atoms with van der Waals surface area (Å²) in [4.78, 5) is 25.8. The van der Waals surface area contributed by atoms with Crippen LogP contribution in [0.4, 0.5) is 5.82 Å². The number of likely N-dealkylation sites (N-methyl/N-ethyl adjacent to an activating group) is 1. The molecule has 0 atom stereocenters. The maximum Gasteiger partial charge on any atom is 0.335 e. The zero-order valence-corrected chi connectivity index (χ0v) is 14.6. The third-order valence-corrected chi connectivity index (χ3v) is 4.45. The Hall–Kier alpha value is -3.19. The van der Waals surface area contributed by atoms with Crippen LogP contribution in [0.5, 0.6) is 0 Å². The predicted octanol–water partition coefficient (Wildman–Crippen LogP) is 2.94. The fourth-order valence-electron chi connectivity index (χ4n) is 3.17. The Morgan fingerprint density at radius 2 is 2.08 bits per heavy atom. The number of H-pyrrole nitrogens is 1. The second kappa shape index (κ2) is 6.27. The van der Waals surface area contributed by atoms with Crippen LogP contribution in [0.3, 0.4) is 0 Å². The number of hydrogen-bond donors (Lipinski definition) is 3. The van der Waals surface area contributed by atoms with E-state index in [0.29, 0.717) is 12.4 Å². The summed E-state index contributed by atoms with van der Waals surface area (Å²) in [5.41, 5.74) is 1.96. The number of aromatic nitrogens is 3. The quantitative estimate of drug-likeness (QED) is 0.513. The van der Waals surface area contributed by atoms with E-state index in [4.69, 9.17) is 4.98 Å². The molecule has 3 aromatic heterocycles. The topological polar surface area (TPSA) is 94.1 Å². The van der Waals surface area contributed by atoms with Gasteiger partial charge in [0.25, 0.3) is 0 Å². The Morgan fingerprint density at radius 1 is 1.23 bits per heavy atom. The molecule has 0 spiro atoms. The highest BCUT2D eigenvalue weighted by atomic mass is 16.4. The van der Waals surface area contributed by atoms with E-state index in [-0.39, 0.29) is 5.56 Å². The van der Waals surface area contributed by atoms with Crippen LogP contribution < -0.4 is 5.32 Å². The molecule has 0 aliphatic rings. The van der Waals surface area contributed by atoms with E-state index in [2.05, 4.69) is 20.2 Å². The van der Waals surface area contributed by atoms with Crippen molar-refractivity contribution in [3.8, 4) is 0 Å². The van der Waals surface area contributed by atoms with Crippen molar-refractivity contribution in [1.82, 2.24) is 19.9 Å². The summed E-state index contributed by atoms with van der Waals surface area (Å²) in [6.45, 7) is 1.55. The average molecular weight is 349 g/mol. The SMILES string of the molecule is CN(C)CCNc1nc2[nH]c3ccncc3c2c2ccc(C(=O)O)cc12. The highest BCUT2D eigenvalue weighted by Gasteiger charge is 2.15. The molecule has 4 rings (SSSR count). The van der Waals surface area contributed by atoms with Crippen molar-refractivity contribution < 1.29 is 9.90 Å². The number of hydrogen-bond acceptors (Lipinski definition) is 5. The van der Waals surface area contributed by atoms with Crippen LogP contribution in [-0.2, 0) is 0 Å². The van der Waals surface area contributed by atoms with Gasteiger partial charge in [-0.1, -0.05) is 6.07 Å². The maximum atomic E-state index is 11.4. The number of nitrogens with zero attached hydrogens (tertiary/aromatic N) is 3. The Bertz CT molecular complexity index is 1130. The van der Waals surface area contributed by atoms with E-state index in [9.17, 15) is 9.90 Å². The van der Waals surface area contributed by atoms with Gasteiger partial charge in [0.05, 0.1) is 11.1 Å². The minimum absolute atomic E-state index is 0.243. The molecule has 0 aliphatic carbocycles. The lowest BCUT2D eigenvalue weighted by molar-refractivity contribution is 0.0697. The normalized spacial score (nSPS) is 11.7. The van der Waals surface area contributed by atoms with E-state index in [1.165, 1.54) is 0 Å². The van der Waals surface area contributed by atoms with E-state index < -0.39 is 5.97 Å². The largest absolute Gasteiger partial charge is 0.478 e. The summed E-state index contributed by atoms with van der Waals surface area (Å²) < 4.78 is 0. The Labute approximate surface area is 149 Å². The highest BCUT2D eigenvalue weighted by Crippen LogP contribution is 2.34. The van der Waals surface area contributed by atoms with Crippen molar-refractivity contribution in [2.45, 2.75) is 0 Å². The second-order valence-corrected chi connectivity index (χ2v) is 6.53. The van der Waals surface area contributed by atoms with Gasteiger partial charge in [-0.25, -0.2) is 9.78 Å². The number of benzene rings is 1. The van der Waals surface area contributed by atoms with Crippen molar-refractivity contribution in [3.05, 3.63) is 42.2 Å². The van der Waals surface area contributed by atoms with Gasteiger partial charge in [-0.3, -0.25) is 4.98 Å². The third-order valence-electron chi connectivity index (χ3n) is 4.45. The molecule has 1 aromatic carbocycles. The van der Waals surface area contributed by atoms with Crippen LogP contribution in [-0.4, -0.2) is 58.1 Å². The molecule has 3 N–H and O–H groups in total. The number of aromatic amines is 1. The predicted molar refractivity (Wildman–Crippen MR) is 103 cm³/mol. The van der Waals surface area contributed by atoms with Crippen LogP contribution >= 0.6 is 0 Å². The van der Waals surface area contributed by atoms with Crippen LogP contribution in [0, 0.1) is 0 Å². The minimum Gasteiger partial charge on any atom is -0.478 e. The zero-order chi connectivity index (χ0) is 18.3. The lowest BCUT2D eigenvalue weighted by Gasteiger charge is -2.13. The molecule has 0 aliphatic heterocycles. The lowest BCUT2D eigenvalue weighted by Crippen LogP contribution is -2.21. The Morgan fingerprint density at radius 3 is 2.85 bits per heavy atom. The summed E-state index contributed by atoms with van der Waals surface area (Å²) in [7, 11) is 4.01. The number of nitrogens with one attached hydrogen (secondary N) is 2. The molecule has 0 radical (unpaired) electrons. The first kappa shape index (κ1) is 16.3. The lowest BCUT2D eigenvalue weighted by atomic mass is 10.0. The van der Waals surface area contributed by atoms with Gasteiger partial charge >= 0.3 is 5.97 Å². The molecule has 0 saturated carbocycles. The van der Waals surface area contributed by atoms with Crippen LogP contribution in [0.1, 0.15) is 10.4 Å². The zero-order valence-electron chi connectivity index (χ0n) is 14.6. The van der Waals surface area contributed by atoms with E-state index >= 15 is 0 Å². The Balaban J connectivity index is 1.98. The molecule has 26 heavy (non-hydrogen) atoms. The van der Waals surface area contributed by atoms with Crippen LogP contribution in [0.2, 0.25) is 0 Å². The number of aromatic carboxylic acids is 1. The van der Waals surface area contributed by atoms with Gasteiger partial charge < -0.3 is 20.3 Å². The molecule has 0 bridgehead atoms. The van der Waals surface area contributed by atoms with Gasteiger partial charge in [0, 0.05) is 41.6 Å². The van der Waals surface area contributed by atoms with Crippen molar-refractivity contribution in [2.75, 3.05) is 32.5 Å². The number of carbonyl (C=O) groups is 1. The van der Waals surface area contributed by atoms with E-state index in [0.717, 1.165) is 39.3 Å². The monoisotopic (exact) mass is 349 g/mol. The van der Waals surface area contributed by atoms with Crippen LogP contribution in [0.15, 0.2) is 36.7 Å². The number of carboxylic acids is 1. The minimum atomic E-state index is -0.952. The molecule has 0 amide bonds. The van der Waals surface area contributed by atoms with Crippen molar-refractivity contribution >= 4 is 44.5 Å². The number of fused-ring (bicyclic) bond motifs is 5. The molecular weight excluding hydrogens is 330 g/mol. The molecular formula is C19H19N5O2. The molecule has 0 fully saturated rings. The van der Waals surface area contributed by atoms with Crippen molar-refractivity contribution in [3.63, 3.8) is 0 Å². The standard InChI is InChI=1S/C19H19N5O2/c1-24(2)8-7-21-17-13-9-11(19(25)26)3-4-12(13)16-14-10-20-6-5-15(14)22-18(16)23-17/h3-6,9-10H,7-8H2,1-2H3,(H,25,26)(H2,21,22,23). The first-order valence-corrected chi connectivity index (χ1v) is 8.35. The van der Waals surface area contributed by atoms with E-state index in [1.807, 2.05) is 26.2 Å². The van der Waals surface area contributed by atoms with Gasteiger partial charge in [0.1, 0.15) is 11.5 Å². The highest BCUT2D eigenvalue weighted by molar-refractivity contribution is 6.21.